The van der Waals surface area contributed by atoms with E-state index in [1.807, 2.05) is 29.4 Å². The molecule has 0 saturated carbocycles. The number of amides is 1. The van der Waals surface area contributed by atoms with E-state index in [1.54, 1.807) is 12.1 Å². The van der Waals surface area contributed by atoms with E-state index in [9.17, 15) is 9.90 Å². The zero-order valence-electron chi connectivity index (χ0n) is 16.3. The Morgan fingerprint density at radius 1 is 1.33 bits per heavy atom. The van der Waals surface area contributed by atoms with Gasteiger partial charge in [-0.15, -0.1) is 0 Å². The number of hydrogen-bond donors (Lipinski definition) is 1. The Morgan fingerprint density at radius 2 is 2.15 bits per heavy atom. The van der Waals surface area contributed by atoms with E-state index >= 15 is 0 Å². The lowest BCUT2D eigenvalue weighted by Gasteiger charge is -2.33. The van der Waals surface area contributed by atoms with Crippen molar-refractivity contribution in [3.63, 3.8) is 0 Å². The van der Waals surface area contributed by atoms with E-state index in [0.717, 1.165) is 44.7 Å². The zero-order valence-corrected chi connectivity index (χ0v) is 16.3. The number of likely N-dealkylation sites (tertiary alicyclic amines) is 1. The van der Waals surface area contributed by atoms with Crippen LogP contribution >= 0.6 is 0 Å². The van der Waals surface area contributed by atoms with Crippen molar-refractivity contribution in [2.45, 2.75) is 38.1 Å². The summed E-state index contributed by atoms with van der Waals surface area (Å²) in [6.45, 7) is 3.49. The highest BCUT2D eigenvalue weighted by Crippen LogP contribution is 2.27. The molecule has 6 nitrogen and oxygen atoms in total. The largest absolute Gasteiger partial charge is 0.508 e. The number of aromatic nitrogens is 2. The molecule has 0 radical (unpaired) electrons. The van der Waals surface area contributed by atoms with E-state index < -0.39 is 0 Å². The third-order valence-corrected chi connectivity index (χ3v) is 5.22. The molecule has 2 heterocycles. The van der Waals surface area contributed by atoms with E-state index in [2.05, 4.69) is 28.5 Å². The minimum absolute atomic E-state index is 0.0758. The molecule has 1 amide bonds. The van der Waals surface area contributed by atoms with Gasteiger partial charge in [0.15, 0.2) is 0 Å². The Labute approximate surface area is 161 Å². The third-order valence-electron chi connectivity index (χ3n) is 5.22. The molecule has 1 atom stereocenters. The van der Waals surface area contributed by atoms with Crippen LogP contribution in [0.25, 0.3) is 0 Å². The van der Waals surface area contributed by atoms with Gasteiger partial charge in [-0.1, -0.05) is 18.2 Å². The van der Waals surface area contributed by atoms with Gasteiger partial charge in [-0.05, 0) is 46.0 Å². The molecule has 1 fully saturated rings. The predicted octanol–water partition coefficient (Wildman–Crippen LogP) is 2.49. The Morgan fingerprint density at radius 3 is 2.93 bits per heavy atom. The molecule has 1 saturated heterocycles. The smallest absolute Gasteiger partial charge is 0.227 e. The molecular weight excluding hydrogens is 340 g/mol. The third kappa shape index (κ3) is 5.10. The SMILES string of the molecule is CN(C)CCCn1ccnc1[C@@H]1CCCN(C(=O)Cc2ccccc2O)C1. The van der Waals surface area contributed by atoms with E-state index in [4.69, 9.17) is 0 Å². The number of benzene rings is 1. The minimum Gasteiger partial charge on any atom is -0.508 e. The summed E-state index contributed by atoms with van der Waals surface area (Å²) < 4.78 is 2.24. The number of phenolic OH excluding ortho intramolecular Hbond substituents is 1. The summed E-state index contributed by atoms with van der Waals surface area (Å²) in [5, 5.41) is 9.93. The fourth-order valence-electron chi connectivity index (χ4n) is 3.78. The maximum Gasteiger partial charge on any atom is 0.227 e. The lowest BCUT2D eigenvalue weighted by molar-refractivity contribution is -0.131. The topological polar surface area (TPSA) is 61.6 Å². The molecule has 1 aliphatic heterocycles. The van der Waals surface area contributed by atoms with Gasteiger partial charge in [-0.3, -0.25) is 4.79 Å². The van der Waals surface area contributed by atoms with Crippen LogP contribution in [0.2, 0.25) is 0 Å². The number of carbonyl (C=O) groups excluding carboxylic acids is 1. The molecule has 1 aromatic heterocycles. The molecule has 1 aliphatic rings. The molecule has 146 valence electrons. The zero-order chi connectivity index (χ0) is 19.2. The number of aromatic hydroxyl groups is 1. The first-order valence-electron chi connectivity index (χ1n) is 9.75. The lowest BCUT2D eigenvalue weighted by atomic mass is 9.96. The number of nitrogens with zero attached hydrogens (tertiary/aromatic N) is 4. The normalized spacial score (nSPS) is 17.4. The van der Waals surface area contributed by atoms with Crippen molar-refractivity contribution in [2.75, 3.05) is 33.7 Å². The number of hydrogen-bond acceptors (Lipinski definition) is 4. The summed E-state index contributed by atoms with van der Waals surface area (Å²) in [7, 11) is 4.17. The second-order valence-corrected chi connectivity index (χ2v) is 7.62. The van der Waals surface area contributed by atoms with E-state index in [-0.39, 0.29) is 24.0 Å². The minimum atomic E-state index is 0.0758. The lowest BCUT2D eigenvalue weighted by Crippen LogP contribution is -2.40. The van der Waals surface area contributed by atoms with Crippen molar-refractivity contribution < 1.29 is 9.90 Å². The molecule has 0 bridgehead atoms. The number of imidazole rings is 1. The van der Waals surface area contributed by atoms with Gasteiger partial charge in [0.05, 0.1) is 6.42 Å². The summed E-state index contributed by atoms with van der Waals surface area (Å²) in [5.41, 5.74) is 0.690. The molecule has 2 aromatic rings. The van der Waals surface area contributed by atoms with Gasteiger partial charge < -0.3 is 19.5 Å². The van der Waals surface area contributed by atoms with Crippen LogP contribution in [0.4, 0.5) is 0 Å². The maximum atomic E-state index is 12.7. The number of aryl methyl sites for hydroxylation is 1. The standard InChI is InChI=1S/C21H30N4O2/c1-23(2)11-6-13-24-14-10-22-21(24)18-8-5-12-25(16-18)20(27)15-17-7-3-4-9-19(17)26/h3-4,7,9-10,14,18,26H,5-6,8,11-13,15-16H2,1-2H3/t18-/m1/s1. The van der Waals surface area contributed by atoms with Crippen LogP contribution in [0.1, 0.15) is 36.6 Å². The number of phenols is 1. The Hall–Kier alpha value is -2.34. The van der Waals surface area contributed by atoms with Crippen molar-refractivity contribution in [2.24, 2.45) is 0 Å². The van der Waals surface area contributed by atoms with Crippen LogP contribution in [0.5, 0.6) is 5.75 Å². The molecule has 6 heteroatoms. The van der Waals surface area contributed by atoms with Crippen LogP contribution in [-0.2, 0) is 17.8 Å². The fourth-order valence-corrected chi connectivity index (χ4v) is 3.78. The van der Waals surface area contributed by atoms with Gasteiger partial charge in [0.2, 0.25) is 5.91 Å². The number of para-hydroxylation sites is 1. The quantitative estimate of drug-likeness (QED) is 0.813. The van der Waals surface area contributed by atoms with Gasteiger partial charge >= 0.3 is 0 Å². The molecule has 3 rings (SSSR count). The fraction of sp³-hybridized carbons (Fsp3) is 0.524. The summed E-state index contributed by atoms with van der Waals surface area (Å²) in [4.78, 5) is 21.5. The second-order valence-electron chi connectivity index (χ2n) is 7.62. The Bertz CT molecular complexity index is 756. The second kappa shape index (κ2) is 9.04. The molecule has 0 spiro atoms. The van der Waals surface area contributed by atoms with Crippen LogP contribution in [0, 0.1) is 0 Å². The number of piperidine rings is 1. The molecule has 27 heavy (non-hydrogen) atoms. The molecule has 1 N–H and O–H groups in total. The molecule has 0 aliphatic carbocycles. The predicted molar refractivity (Wildman–Crippen MR) is 106 cm³/mol. The van der Waals surface area contributed by atoms with Gasteiger partial charge in [0.25, 0.3) is 0 Å². The number of rotatable bonds is 7. The van der Waals surface area contributed by atoms with Gasteiger partial charge in [0, 0.05) is 43.5 Å². The highest BCUT2D eigenvalue weighted by atomic mass is 16.3. The highest BCUT2D eigenvalue weighted by Gasteiger charge is 2.27. The maximum absolute atomic E-state index is 12.7. The van der Waals surface area contributed by atoms with Crippen LogP contribution < -0.4 is 0 Å². The first-order chi connectivity index (χ1) is 13.0. The Kier molecular flexibility index (Phi) is 6.50. The summed E-state index contributed by atoms with van der Waals surface area (Å²) in [6.07, 6.45) is 7.30. The van der Waals surface area contributed by atoms with Gasteiger partial charge in [0.1, 0.15) is 11.6 Å². The average Bonchev–Trinajstić information content (AvgIpc) is 3.12. The van der Waals surface area contributed by atoms with Crippen molar-refractivity contribution >= 4 is 5.91 Å². The van der Waals surface area contributed by atoms with Crippen molar-refractivity contribution in [3.05, 3.63) is 48.0 Å². The highest BCUT2D eigenvalue weighted by molar-refractivity contribution is 5.79. The van der Waals surface area contributed by atoms with E-state index in [1.165, 1.54) is 0 Å². The van der Waals surface area contributed by atoms with Crippen LogP contribution in [0.3, 0.4) is 0 Å². The van der Waals surface area contributed by atoms with Crippen molar-refractivity contribution in [1.29, 1.82) is 0 Å². The van der Waals surface area contributed by atoms with Crippen LogP contribution in [0.15, 0.2) is 36.7 Å². The van der Waals surface area contributed by atoms with Gasteiger partial charge in [-0.25, -0.2) is 4.98 Å². The summed E-state index contributed by atoms with van der Waals surface area (Å²) in [6, 6.07) is 7.07. The first kappa shape index (κ1) is 19.4. The number of carbonyl (C=O) groups is 1. The first-order valence-corrected chi connectivity index (χ1v) is 9.75. The molecular formula is C21H30N4O2. The summed E-state index contributed by atoms with van der Waals surface area (Å²) >= 11 is 0. The van der Waals surface area contributed by atoms with Crippen molar-refractivity contribution in [3.8, 4) is 5.75 Å². The average molecular weight is 370 g/mol. The van der Waals surface area contributed by atoms with E-state index in [0.29, 0.717) is 12.1 Å². The summed E-state index contributed by atoms with van der Waals surface area (Å²) in [5.74, 6) is 1.64. The van der Waals surface area contributed by atoms with Crippen molar-refractivity contribution in [1.82, 2.24) is 19.4 Å². The van der Waals surface area contributed by atoms with Crippen LogP contribution in [-0.4, -0.2) is 64.1 Å². The molecule has 0 unspecified atom stereocenters. The monoisotopic (exact) mass is 370 g/mol. The van der Waals surface area contributed by atoms with Gasteiger partial charge in [-0.2, -0.15) is 0 Å². The Balaban J connectivity index is 1.62. The molecule has 1 aromatic carbocycles.